The number of hydrogen-bond donors (Lipinski definition) is 1. The molecule has 0 bridgehead atoms. The molecule has 4 heteroatoms. The summed E-state index contributed by atoms with van der Waals surface area (Å²) in [5.41, 5.74) is 1.35. The van der Waals surface area contributed by atoms with Crippen LogP contribution < -0.4 is 5.32 Å². The lowest BCUT2D eigenvalue weighted by molar-refractivity contribution is 0.589. The molecule has 100 valence electrons. The van der Waals surface area contributed by atoms with Gasteiger partial charge in [0, 0.05) is 24.5 Å². The Morgan fingerprint density at radius 3 is 2.58 bits per heavy atom. The molecule has 0 saturated heterocycles. The van der Waals surface area contributed by atoms with Crippen molar-refractivity contribution in [2.75, 3.05) is 6.54 Å². The minimum absolute atomic E-state index is 0.0210. The van der Waals surface area contributed by atoms with Crippen LogP contribution in [0.2, 0.25) is 0 Å². The average molecular weight is 262 g/mol. The molecular formula is C15H16F2N2. The third kappa shape index (κ3) is 3.35. The molecule has 1 aromatic carbocycles. The number of aromatic nitrogens is 1. The first-order valence-corrected chi connectivity index (χ1v) is 6.31. The van der Waals surface area contributed by atoms with E-state index in [2.05, 4.69) is 17.2 Å². The fourth-order valence-corrected chi connectivity index (χ4v) is 1.90. The molecule has 0 unspecified atom stereocenters. The topological polar surface area (TPSA) is 24.9 Å². The van der Waals surface area contributed by atoms with Crippen LogP contribution in [0.1, 0.15) is 18.9 Å². The van der Waals surface area contributed by atoms with Gasteiger partial charge in [-0.3, -0.25) is 4.98 Å². The van der Waals surface area contributed by atoms with E-state index >= 15 is 0 Å². The molecular weight excluding hydrogens is 246 g/mol. The molecule has 0 atom stereocenters. The van der Waals surface area contributed by atoms with Gasteiger partial charge in [0.05, 0.1) is 5.56 Å². The third-order valence-electron chi connectivity index (χ3n) is 2.80. The number of benzene rings is 1. The highest BCUT2D eigenvalue weighted by Crippen LogP contribution is 2.25. The Bertz CT molecular complexity index is 535. The zero-order chi connectivity index (χ0) is 13.7. The molecule has 2 aromatic rings. The summed E-state index contributed by atoms with van der Waals surface area (Å²) in [7, 11) is 0. The number of hydrogen-bond acceptors (Lipinski definition) is 2. The second-order valence-corrected chi connectivity index (χ2v) is 4.36. The molecule has 2 rings (SSSR count). The maximum absolute atomic E-state index is 13.7. The third-order valence-corrected chi connectivity index (χ3v) is 2.80. The van der Waals surface area contributed by atoms with Crippen molar-refractivity contribution < 1.29 is 8.78 Å². The van der Waals surface area contributed by atoms with Crippen molar-refractivity contribution in [3.05, 3.63) is 53.9 Å². The van der Waals surface area contributed by atoms with Gasteiger partial charge in [-0.2, -0.15) is 0 Å². The average Bonchev–Trinajstić information content (AvgIpc) is 2.39. The van der Waals surface area contributed by atoms with E-state index < -0.39 is 11.6 Å². The fourth-order valence-electron chi connectivity index (χ4n) is 1.90. The fraction of sp³-hybridized carbons (Fsp3) is 0.267. The number of nitrogens with one attached hydrogen (secondary N) is 1. The van der Waals surface area contributed by atoms with E-state index in [4.69, 9.17) is 0 Å². The maximum atomic E-state index is 13.7. The van der Waals surface area contributed by atoms with Crippen molar-refractivity contribution in [1.82, 2.24) is 10.3 Å². The highest BCUT2D eigenvalue weighted by molar-refractivity contribution is 5.64. The first-order valence-electron chi connectivity index (χ1n) is 6.31. The highest BCUT2D eigenvalue weighted by atomic mass is 19.1. The maximum Gasteiger partial charge on any atom is 0.134 e. The summed E-state index contributed by atoms with van der Waals surface area (Å²) in [5.74, 6) is -1.14. The number of pyridine rings is 1. The van der Waals surface area contributed by atoms with Gasteiger partial charge in [0.2, 0.25) is 0 Å². The van der Waals surface area contributed by atoms with Crippen LogP contribution in [-0.2, 0) is 6.54 Å². The SMILES string of the molecule is CCCNCc1cncc(-c2c(F)cccc2F)c1. The van der Waals surface area contributed by atoms with Gasteiger partial charge in [-0.05, 0) is 36.7 Å². The number of nitrogens with zero attached hydrogens (tertiary/aromatic N) is 1. The van der Waals surface area contributed by atoms with Gasteiger partial charge >= 0.3 is 0 Å². The Morgan fingerprint density at radius 1 is 1.16 bits per heavy atom. The Kier molecular flexibility index (Phi) is 4.58. The molecule has 2 nitrogen and oxygen atoms in total. The Hall–Kier alpha value is -1.81. The zero-order valence-corrected chi connectivity index (χ0v) is 10.8. The van der Waals surface area contributed by atoms with Crippen molar-refractivity contribution >= 4 is 0 Å². The van der Waals surface area contributed by atoms with Crippen molar-refractivity contribution in [3.8, 4) is 11.1 Å². The van der Waals surface area contributed by atoms with Gasteiger partial charge in [0.25, 0.3) is 0 Å². The van der Waals surface area contributed by atoms with E-state index in [-0.39, 0.29) is 5.56 Å². The first kappa shape index (κ1) is 13.6. The smallest absolute Gasteiger partial charge is 0.134 e. The van der Waals surface area contributed by atoms with Gasteiger partial charge in [-0.1, -0.05) is 13.0 Å². The molecule has 0 aliphatic rings. The zero-order valence-electron chi connectivity index (χ0n) is 10.8. The minimum atomic E-state index is -0.569. The lowest BCUT2D eigenvalue weighted by Crippen LogP contribution is -2.13. The van der Waals surface area contributed by atoms with Crippen LogP contribution in [0.25, 0.3) is 11.1 Å². The van der Waals surface area contributed by atoms with Crippen LogP contribution in [0, 0.1) is 11.6 Å². The van der Waals surface area contributed by atoms with E-state index in [1.54, 1.807) is 12.3 Å². The second kappa shape index (κ2) is 6.38. The van der Waals surface area contributed by atoms with E-state index in [1.165, 1.54) is 24.4 Å². The normalized spacial score (nSPS) is 10.7. The molecule has 0 aliphatic heterocycles. The van der Waals surface area contributed by atoms with Crippen molar-refractivity contribution in [1.29, 1.82) is 0 Å². The van der Waals surface area contributed by atoms with Crippen molar-refractivity contribution in [2.24, 2.45) is 0 Å². The molecule has 0 radical (unpaired) electrons. The predicted octanol–water partition coefficient (Wildman–Crippen LogP) is 3.53. The molecule has 19 heavy (non-hydrogen) atoms. The number of rotatable bonds is 5. The van der Waals surface area contributed by atoms with Crippen LogP contribution in [0.3, 0.4) is 0 Å². The molecule has 1 aromatic heterocycles. The summed E-state index contributed by atoms with van der Waals surface area (Å²) >= 11 is 0. The van der Waals surface area contributed by atoms with E-state index in [1.807, 2.05) is 0 Å². The summed E-state index contributed by atoms with van der Waals surface area (Å²) in [6, 6.07) is 5.62. The van der Waals surface area contributed by atoms with Crippen LogP contribution in [0.5, 0.6) is 0 Å². The minimum Gasteiger partial charge on any atom is -0.313 e. The summed E-state index contributed by atoms with van der Waals surface area (Å²) < 4.78 is 27.4. The molecule has 1 heterocycles. The predicted molar refractivity (Wildman–Crippen MR) is 71.6 cm³/mol. The monoisotopic (exact) mass is 262 g/mol. The van der Waals surface area contributed by atoms with Crippen LogP contribution in [0.15, 0.2) is 36.7 Å². The lowest BCUT2D eigenvalue weighted by atomic mass is 10.0. The Labute approximate surface area is 111 Å². The highest BCUT2D eigenvalue weighted by Gasteiger charge is 2.11. The van der Waals surface area contributed by atoms with Crippen LogP contribution in [0.4, 0.5) is 8.78 Å². The van der Waals surface area contributed by atoms with Gasteiger partial charge in [-0.25, -0.2) is 8.78 Å². The molecule has 0 aliphatic carbocycles. The Balaban J connectivity index is 2.28. The van der Waals surface area contributed by atoms with Gasteiger partial charge in [0.15, 0.2) is 0 Å². The summed E-state index contributed by atoms with van der Waals surface area (Å²) in [4.78, 5) is 4.05. The first-order chi connectivity index (χ1) is 9.22. The van der Waals surface area contributed by atoms with Gasteiger partial charge in [-0.15, -0.1) is 0 Å². The molecule has 0 amide bonds. The van der Waals surface area contributed by atoms with Crippen LogP contribution in [-0.4, -0.2) is 11.5 Å². The van der Waals surface area contributed by atoms with Crippen molar-refractivity contribution in [2.45, 2.75) is 19.9 Å². The lowest BCUT2D eigenvalue weighted by Gasteiger charge is -2.07. The Morgan fingerprint density at radius 2 is 1.89 bits per heavy atom. The van der Waals surface area contributed by atoms with Crippen molar-refractivity contribution in [3.63, 3.8) is 0 Å². The van der Waals surface area contributed by atoms with E-state index in [9.17, 15) is 8.78 Å². The summed E-state index contributed by atoms with van der Waals surface area (Å²) in [6.45, 7) is 3.62. The molecule has 0 spiro atoms. The second-order valence-electron chi connectivity index (χ2n) is 4.36. The van der Waals surface area contributed by atoms with E-state index in [0.29, 0.717) is 12.1 Å². The van der Waals surface area contributed by atoms with Gasteiger partial charge < -0.3 is 5.32 Å². The molecule has 1 N–H and O–H groups in total. The van der Waals surface area contributed by atoms with E-state index in [0.717, 1.165) is 18.5 Å². The number of halogens is 2. The summed E-state index contributed by atoms with van der Waals surface area (Å²) in [6.07, 6.45) is 4.21. The van der Waals surface area contributed by atoms with Gasteiger partial charge in [0.1, 0.15) is 11.6 Å². The quantitative estimate of drug-likeness (QED) is 0.834. The molecule has 0 fully saturated rings. The standard InChI is InChI=1S/C15H16F2N2/c1-2-6-18-8-11-7-12(10-19-9-11)15-13(16)4-3-5-14(15)17/h3-5,7,9-10,18H,2,6,8H2,1H3. The van der Waals surface area contributed by atoms with Crippen LogP contribution >= 0.6 is 0 Å². The largest absolute Gasteiger partial charge is 0.313 e. The summed E-state index contributed by atoms with van der Waals surface area (Å²) in [5, 5.41) is 3.23. The molecule has 0 saturated carbocycles.